The minimum absolute atomic E-state index is 0.0875. The number of carbonyl (C=O) groups is 2. The zero-order valence-corrected chi connectivity index (χ0v) is 22.3. The number of ether oxygens (including phenoxy) is 2. The van der Waals surface area contributed by atoms with Gasteiger partial charge in [0.25, 0.3) is 5.78 Å². The van der Waals surface area contributed by atoms with Crippen molar-refractivity contribution in [2.45, 2.75) is 13.0 Å². The molecule has 11 heteroatoms. The Balaban J connectivity index is 1.73. The van der Waals surface area contributed by atoms with Crippen molar-refractivity contribution < 1.29 is 24.2 Å². The van der Waals surface area contributed by atoms with Gasteiger partial charge in [-0.15, -0.1) is 11.3 Å². The first kappa shape index (κ1) is 24.6. The Morgan fingerprint density at radius 2 is 1.83 bits per heavy atom. The monoisotopic (exact) mass is 560 g/mol. The normalized spacial score (nSPS) is 17.2. The molecule has 1 unspecified atom stereocenters. The molecule has 184 valence electrons. The van der Waals surface area contributed by atoms with Gasteiger partial charge in [0.05, 0.1) is 40.6 Å². The first-order valence-electron chi connectivity index (χ1n) is 10.6. The van der Waals surface area contributed by atoms with Gasteiger partial charge in [0, 0.05) is 16.0 Å². The number of thiazole rings is 1. The molecule has 0 bridgehead atoms. The molecule has 0 radical (unpaired) electrons. The van der Waals surface area contributed by atoms with Crippen molar-refractivity contribution >= 4 is 78.7 Å². The Morgan fingerprint density at radius 3 is 2.50 bits per heavy atom. The lowest BCUT2D eigenvalue weighted by Crippen LogP contribution is -2.28. The molecule has 5 rings (SSSR count). The molecule has 2 aromatic heterocycles. The second-order valence-electron chi connectivity index (χ2n) is 7.94. The van der Waals surface area contributed by atoms with Crippen LogP contribution in [0.25, 0.3) is 16.0 Å². The largest absolute Gasteiger partial charge is 0.507 e. The SMILES string of the molecule is COc1cc(OC)c(/C(O)=C2\C(=O)C(=O)N(c3nc4cc(Cl)c(C)cc4s3)C2c2cccs2)cc1Cl. The van der Waals surface area contributed by atoms with Gasteiger partial charge in [0.15, 0.2) is 5.13 Å². The van der Waals surface area contributed by atoms with E-state index in [1.165, 1.54) is 53.9 Å². The zero-order valence-electron chi connectivity index (χ0n) is 19.2. The molecular weight excluding hydrogens is 543 g/mol. The van der Waals surface area contributed by atoms with Gasteiger partial charge < -0.3 is 14.6 Å². The van der Waals surface area contributed by atoms with E-state index in [1.54, 1.807) is 12.1 Å². The fourth-order valence-electron chi connectivity index (χ4n) is 4.08. The predicted octanol–water partition coefficient (Wildman–Crippen LogP) is 6.62. The molecule has 1 aliphatic heterocycles. The van der Waals surface area contributed by atoms with Crippen molar-refractivity contribution in [3.8, 4) is 11.5 Å². The number of halogens is 2. The molecule has 0 spiro atoms. The molecule has 0 saturated carbocycles. The summed E-state index contributed by atoms with van der Waals surface area (Å²) in [5.41, 5.74) is 1.56. The van der Waals surface area contributed by atoms with E-state index >= 15 is 0 Å². The van der Waals surface area contributed by atoms with E-state index in [4.69, 9.17) is 32.7 Å². The van der Waals surface area contributed by atoms with Crippen molar-refractivity contribution in [2.24, 2.45) is 0 Å². The molecule has 7 nitrogen and oxygen atoms in total. The van der Waals surface area contributed by atoms with Crippen LogP contribution in [0.2, 0.25) is 10.0 Å². The Bertz CT molecular complexity index is 1520. The molecular formula is C25H18Cl2N2O5S2. The van der Waals surface area contributed by atoms with Crippen LogP contribution < -0.4 is 14.4 Å². The standard InChI is InChI=1S/C25H18Cl2N2O5S2/c1-11-7-19-15(9-13(11)26)28-25(36-19)29-21(18-5-4-6-35-18)20(23(31)24(29)32)22(30)12-8-14(27)17(34-3)10-16(12)33-2/h4-10,21,30H,1-3H3/b22-20+. The Morgan fingerprint density at radius 1 is 1.08 bits per heavy atom. The van der Waals surface area contributed by atoms with E-state index in [9.17, 15) is 14.7 Å². The summed E-state index contributed by atoms with van der Waals surface area (Å²) in [6, 6.07) is 9.28. The predicted molar refractivity (Wildman–Crippen MR) is 143 cm³/mol. The maximum atomic E-state index is 13.4. The number of methoxy groups -OCH3 is 2. The number of rotatable bonds is 5. The Hall–Kier alpha value is -3.11. The summed E-state index contributed by atoms with van der Waals surface area (Å²) < 4.78 is 11.5. The molecule has 0 aliphatic carbocycles. The first-order chi connectivity index (χ1) is 17.2. The number of aromatic nitrogens is 1. The van der Waals surface area contributed by atoms with Gasteiger partial charge in [-0.3, -0.25) is 14.5 Å². The van der Waals surface area contributed by atoms with Gasteiger partial charge in [-0.05, 0) is 42.1 Å². The molecule has 36 heavy (non-hydrogen) atoms. The highest BCUT2D eigenvalue weighted by molar-refractivity contribution is 7.22. The highest BCUT2D eigenvalue weighted by atomic mass is 35.5. The summed E-state index contributed by atoms with van der Waals surface area (Å²) in [6.45, 7) is 1.88. The molecule has 1 atom stereocenters. The lowest BCUT2D eigenvalue weighted by molar-refractivity contribution is -0.132. The van der Waals surface area contributed by atoms with E-state index in [2.05, 4.69) is 4.98 Å². The molecule has 1 fully saturated rings. The highest BCUT2D eigenvalue weighted by Gasteiger charge is 2.49. The number of ketones is 1. The van der Waals surface area contributed by atoms with Crippen LogP contribution in [0.5, 0.6) is 11.5 Å². The number of carbonyl (C=O) groups excluding carboxylic acids is 2. The fourth-order valence-corrected chi connectivity index (χ4v) is 6.37. The lowest BCUT2D eigenvalue weighted by Gasteiger charge is -2.21. The van der Waals surface area contributed by atoms with Gasteiger partial charge in [0.1, 0.15) is 23.3 Å². The van der Waals surface area contributed by atoms with Gasteiger partial charge >= 0.3 is 5.91 Å². The topological polar surface area (TPSA) is 89.0 Å². The summed E-state index contributed by atoms with van der Waals surface area (Å²) in [7, 11) is 2.87. The van der Waals surface area contributed by atoms with Crippen LogP contribution in [0.3, 0.4) is 0 Å². The van der Waals surface area contributed by atoms with Crippen LogP contribution >= 0.6 is 45.9 Å². The number of aliphatic hydroxyl groups is 1. The fraction of sp³-hybridized carbons (Fsp3) is 0.160. The third-order valence-electron chi connectivity index (χ3n) is 5.85. The van der Waals surface area contributed by atoms with Gasteiger partial charge in [-0.2, -0.15) is 0 Å². The number of hydrogen-bond donors (Lipinski definition) is 1. The van der Waals surface area contributed by atoms with Crippen LogP contribution in [0.15, 0.2) is 47.4 Å². The number of Topliss-reactive ketones (excluding diaryl/α,β-unsaturated/α-hetero) is 1. The van der Waals surface area contributed by atoms with Crippen LogP contribution in [0, 0.1) is 6.92 Å². The lowest BCUT2D eigenvalue weighted by atomic mass is 9.99. The van der Waals surface area contributed by atoms with Crippen molar-refractivity contribution in [1.82, 2.24) is 4.98 Å². The summed E-state index contributed by atoms with van der Waals surface area (Å²) in [5, 5.41) is 14.3. The molecule has 4 aromatic rings. The van der Waals surface area contributed by atoms with E-state index < -0.39 is 23.5 Å². The quantitative estimate of drug-likeness (QED) is 0.168. The summed E-state index contributed by atoms with van der Waals surface area (Å²) in [5.74, 6) is -1.47. The van der Waals surface area contributed by atoms with Crippen molar-refractivity contribution in [2.75, 3.05) is 19.1 Å². The molecule has 1 amide bonds. The number of benzene rings is 2. The van der Waals surface area contributed by atoms with Crippen LogP contribution in [0.4, 0.5) is 5.13 Å². The number of nitrogens with zero attached hydrogens (tertiary/aromatic N) is 2. The molecule has 1 aliphatic rings. The smallest absolute Gasteiger partial charge is 0.301 e. The minimum atomic E-state index is -0.896. The van der Waals surface area contributed by atoms with Gasteiger partial charge in [-0.25, -0.2) is 4.98 Å². The van der Waals surface area contributed by atoms with Gasteiger partial charge in [-0.1, -0.05) is 40.6 Å². The number of fused-ring (bicyclic) bond motifs is 1. The third-order valence-corrected chi connectivity index (χ3v) is 8.49. The van der Waals surface area contributed by atoms with Crippen LogP contribution in [-0.2, 0) is 9.59 Å². The number of anilines is 1. The van der Waals surface area contributed by atoms with E-state index in [0.29, 0.717) is 26.3 Å². The van der Waals surface area contributed by atoms with Crippen LogP contribution in [0.1, 0.15) is 22.0 Å². The summed E-state index contributed by atoms with van der Waals surface area (Å²) >= 11 is 15.2. The maximum absolute atomic E-state index is 13.4. The van der Waals surface area contributed by atoms with Gasteiger partial charge in [0.2, 0.25) is 0 Å². The molecule has 1 N–H and O–H groups in total. The molecule has 2 aromatic carbocycles. The van der Waals surface area contributed by atoms with E-state index in [-0.39, 0.29) is 21.9 Å². The Kier molecular flexibility index (Phi) is 6.42. The van der Waals surface area contributed by atoms with Crippen molar-refractivity contribution in [1.29, 1.82) is 0 Å². The number of thiophene rings is 1. The second kappa shape index (κ2) is 9.40. The second-order valence-corrected chi connectivity index (χ2v) is 10.7. The number of hydrogen-bond acceptors (Lipinski definition) is 8. The van der Waals surface area contributed by atoms with E-state index in [1.807, 2.05) is 24.4 Å². The number of aliphatic hydroxyl groups excluding tert-OH is 1. The molecule has 3 heterocycles. The maximum Gasteiger partial charge on any atom is 0.301 e. The third kappa shape index (κ3) is 3.92. The minimum Gasteiger partial charge on any atom is -0.507 e. The number of aryl methyl sites for hydroxylation is 1. The summed E-state index contributed by atoms with van der Waals surface area (Å²) in [6.07, 6.45) is 0. The van der Waals surface area contributed by atoms with Crippen LogP contribution in [-0.4, -0.2) is 36.0 Å². The number of amides is 1. The van der Waals surface area contributed by atoms with E-state index in [0.717, 1.165) is 10.3 Å². The zero-order chi connectivity index (χ0) is 25.7. The average Bonchev–Trinajstić information content (AvgIpc) is 3.58. The molecule has 1 saturated heterocycles. The average molecular weight is 561 g/mol. The van der Waals surface area contributed by atoms with Crippen molar-refractivity contribution in [3.05, 3.63) is 73.4 Å². The first-order valence-corrected chi connectivity index (χ1v) is 13.0. The van der Waals surface area contributed by atoms with Crippen molar-refractivity contribution in [3.63, 3.8) is 0 Å². The Labute approximate surface area is 224 Å². The highest BCUT2D eigenvalue weighted by Crippen LogP contribution is 2.47. The summed E-state index contributed by atoms with van der Waals surface area (Å²) in [4.78, 5) is 33.4.